The van der Waals surface area contributed by atoms with Crippen molar-refractivity contribution in [1.29, 1.82) is 0 Å². The van der Waals surface area contributed by atoms with Gasteiger partial charge >= 0.3 is 0 Å². The highest BCUT2D eigenvalue weighted by molar-refractivity contribution is 14.1. The molecule has 4 nitrogen and oxygen atoms in total. The number of hydrogen-bond acceptors (Lipinski definition) is 3. The fraction of sp³-hybridized carbons (Fsp3) is 0.200. The Balaban J connectivity index is 2.23. The van der Waals surface area contributed by atoms with Gasteiger partial charge < -0.3 is 4.74 Å². The Morgan fingerprint density at radius 1 is 1.18 bits per heavy atom. The largest absolute Gasteiger partial charge is 0.496 e. The van der Waals surface area contributed by atoms with E-state index in [1.54, 1.807) is 31.2 Å². The SMILES string of the molecule is COc1ccc(S(=O)(=O)N[C@@H](C)c2ccc(F)cc2)cc1I. The van der Waals surface area contributed by atoms with Crippen LogP contribution in [0, 0.1) is 9.39 Å². The molecule has 1 atom stereocenters. The number of sulfonamides is 1. The molecular formula is C15H15FINO3S. The van der Waals surface area contributed by atoms with Gasteiger partial charge in [-0.3, -0.25) is 0 Å². The number of methoxy groups -OCH3 is 1. The maximum Gasteiger partial charge on any atom is 0.241 e. The number of nitrogens with one attached hydrogen (secondary N) is 1. The minimum Gasteiger partial charge on any atom is -0.496 e. The molecule has 0 spiro atoms. The van der Waals surface area contributed by atoms with Gasteiger partial charge in [0.05, 0.1) is 15.6 Å². The van der Waals surface area contributed by atoms with Crippen molar-refractivity contribution in [2.75, 3.05) is 7.11 Å². The summed E-state index contributed by atoms with van der Waals surface area (Å²) in [5.74, 6) is 0.259. The first kappa shape index (κ1) is 17.2. The van der Waals surface area contributed by atoms with Crippen molar-refractivity contribution >= 4 is 32.6 Å². The fourth-order valence-corrected chi connectivity index (χ4v) is 4.14. The molecule has 0 aliphatic heterocycles. The van der Waals surface area contributed by atoms with E-state index in [1.807, 2.05) is 22.6 Å². The Kier molecular flexibility index (Phi) is 5.41. The predicted molar refractivity (Wildman–Crippen MR) is 90.8 cm³/mol. The zero-order valence-corrected chi connectivity index (χ0v) is 15.0. The van der Waals surface area contributed by atoms with Crippen LogP contribution in [0.25, 0.3) is 0 Å². The van der Waals surface area contributed by atoms with Crippen molar-refractivity contribution in [3.05, 3.63) is 57.4 Å². The Labute approximate surface area is 142 Å². The van der Waals surface area contributed by atoms with Gasteiger partial charge in [-0.1, -0.05) is 12.1 Å². The van der Waals surface area contributed by atoms with Gasteiger partial charge in [-0.2, -0.15) is 0 Å². The summed E-state index contributed by atoms with van der Waals surface area (Å²) in [6.07, 6.45) is 0. The van der Waals surface area contributed by atoms with E-state index in [-0.39, 0.29) is 10.7 Å². The van der Waals surface area contributed by atoms with Gasteiger partial charge in [0.15, 0.2) is 0 Å². The van der Waals surface area contributed by atoms with Gasteiger partial charge in [0.2, 0.25) is 10.0 Å². The molecule has 118 valence electrons. The van der Waals surface area contributed by atoms with Crippen molar-refractivity contribution < 1.29 is 17.5 Å². The van der Waals surface area contributed by atoms with Crippen LogP contribution in [0.5, 0.6) is 5.75 Å². The molecule has 0 aliphatic carbocycles. The highest BCUT2D eigenvalue weighted by Crippen LogP contribution is 2.25. The van der Waals surface area contributed by atoms with Crippen molar-refractivity contribution in [2.24, 2.45) is 0 Å². The molecule has 0 saturated heterocycles. The summed E-state index contributed by atoms with van der Waals surface area (Å²) in [5, 5.41) is 0. The summed E-state index contributed by atoms with van der Waals surface area (Å²) in [5.41, 5.74) is 0.688. The summed E-state index contributed by atoms with van der Waals surface area (Å²) >= 11 is 2.02. The maximum absolute atomic E-state index is 12.9. The molecule has 2 aromatic rings. The summed E-state index contributed by atoms with van der Waals surface area (Å²) in [4.78, 5) is 0.159. The highest BCUT2D eigenvalue weighted by atomic mass is 127. The quantitative estimate of drug-likeness (QED) is 0.732. The molecule has 7 heteroatoms. The number of rotatable bonds is 5. The lowest BCUT2D eigenvalue weighted by Gasteiger charge is -2.15. The van der Waals surface area contributed by atoms with E-state index in [0.717, 1.165) is 0 Å². The first-order valence-electron chi connectivity index (χ1n) is 6.45. The Hall–Kier alpha value is -1.19. The zero-order chi connectivity index (χ0) is 16.3. The van der Waals surface area contributed by atoms with E-state index in [0.29, 0.717) is 14.9 Å². The van der Waals surface area contributed by atoms with Crippen LogP contribution in [0.2, 0.25) is 0 Å². The average Bonchev–Trinajstić information content (AvgIpc) is 2.47. The first-order valence-corrected chi connectivity index (χ1v) is 9.01. The lowest BCUT2D eigenvalue weighted by molar-refractivity contribution is 0.411. The van der Waals surface area contributed by atoms with Gasteiger partial charge in [-0.15, -0.1) is 0 Å². The fourth-order valence-electron chi connectivity index (χ4n) is 1.93. The molecule has 0 heterocycles. The van der Waals surface area contributed by atoms with Gasteiger partial charge in [-0.05, 0) is 65.4 Å². The van der Waals surface area contributed by atoms with E-state index in [4.69, 9.17) is 4.74 Å². The zero-order valence-electron chi connectivity index (χ0n) is 12.0. The van der Waals surface area contributed by atoms with Crippen LogP contribution in [0.15, 0.2) is 47.4 Å². The minimum atomic E-state index is -3.67. The standard InChI is InChI=1S/C15H15FINO3S/c1-10(11-3-5-12(16)6-4-11)18-22(19,20)13-7-8-15(21-2)14(17)9-13/h3-10,18H,1-2H3/t10-/m0/s1. The number of hydrogen-bond donors (Lipinski definition) is 1. The number of benzene rings is 2. The monoisotopic (exact) mass is 435 g/mol. The van der Waals surface area contributed by atoms with E-state index in [9.17, 15) is 12.8 Å². The van der Waals surface area contributed by atoms with Crippen LogP contribution in [0.3, 0.4) is 0 Å². The van der Waals surface area contributed by atoms with Crippen LogP contribution >= 0.6 is 22.6 Å². The highest BCUT2D eigenvalue weighted by Gasteiger charge is 2.19. The lowest BCUT2D eigenvalue weighted by atomic mass is 10.1. The van der Waals surface area contributed by atoms with Crippen LogP contribution in [-0.4, -0.2) is 15.5 Å². The molecule has 0 radical (unpaired) electrons. The molecule has 2 rings (SSSR count). The summed E-state index contributed by atoms with van der Waals surface area (Å²) < 4.78 is 46.1. The lowest BCUT2D eigenvalue weighted by Crippen LogP contribution is -2.27. The van der Waals surface area contributed by atoms with Crippen molar-refractivity contribution in [1.82, 2.24) is 4.72 Å². The summed E-state index contributed by atoms with van der Waals surface area (Å²) in [6, 6.07) is 9.89. The molecular weight excluding hydrogens is 420 g/mol. The molecule has 2 aromatic carbocycles. The molecule has 0 aromatic heterocycles. The van der Waals surface area contributed by atoms with E-state index in [2.05, 4.69) is 4.72 Å². The van der Waals surface area contributed by atoms with E-state index >= 15 is 0 Å². The molecule has 0 aliphatic rings. The van der Waals surface area contributed by atoms with Crippen molar-refractivity contribution in [2.45, 2.75) is 17.9 Å². The van der Waals surface area contributed by atoms with E-state index in [1.165, 1.54) is 25.3 Å². The molecule has 22 heavy (non-hydrogen) atoms. The Morgan fingerprint density at radius 2 is 1.82 bits per heavy atom. The van der Waals surface area contributed by atoms with Crippen LogP contribution in [-0.2, 0) is 10.0 Å². The minimum absolute atomic E-state index is 0.159. The van der Waals surface area contributed by atoms with Crippen LogP contribution in [0.1, 0.15) is 18.5 Å². The third-order valence-corrected chi connectivity index (χ3v) is 5.52. The van der Waals surface area contributed by atoms with E-state index < -0.39 is 16.1 Å². The van der Waals surface area contributed by atoms with Gasteiger partial charge in [0.25, 0.3) is 0 Å². The number of halogens is 2. The average molecular weight is 435 g/mol. The second kappa shape index (κ2) is 6.93. The molecule has 1 N–H and O–H groups in total. The molecule has 0 unspecified atom stereocenters. The third kappa shape index (κ3) is 3.96. The topological polar surface area (TPSA) is 55.4 Å². The van der Waals surface area contributed by atoms with Crippen LogP contribution in [0.4, 0.5) is 4.39 Å². The maximum atomic E-state index is 12.9. The van der Waals surface area contributed by atoms with Gasteiger partial charge in [-0.25, -0.2) is 17.5 Å². The predicted octanol–water partition coefficient (Wildman–Crippen LogP) is 3.48. The van der Waals surface area contributed by atoms with Gasteiger partial charge in [0.1, 0.15) is 11.6 Å². The first-order chi connectivity index (χ1) is 10.3. The number of ether oxygens (including phenoxy) is 1. The summed E-state index contributed by atoms with van der Waals surface area (Å²) in [6.45, 7) is 1.71. The molecule has 0 fully saturated rings. The second-order valence-corrected chi connectivity index (χ2v) is 7.57. The Bertz CT molecular complexity index is 763. The molecule has 0 amide bonds. The van der Waals surface area contributed by atoms with Crippen LogP contribution < -0.4 is 9.46 Å². The molecule has 0 bridgehead atoms. The van der Waals surface area contributed by atoms with Crippen molar-refractivity contribution in [3.8, 4) is 5.75 Å². The normalized spacial score (nSPS) is 12.9. The van der Waals surface area contributed by atoms with Crippen molar-refractivity contribution in [3.63, 3.8) is 0 Å². The molecule has 0 saturated carbocycles. The Morgan fingerprint density at radius 3 is 2.36 bits per heavy atom. The third-order valence-electron chi connectivity index (χ3n) is 3.14. The second-order valence-electron chi connectivity index (χ2n) is 4.69. The van der Waals surface area contributed by atoms with Gasteiger partial charge in [0, 0.05) is 6.04 Å². The summed E-state index contributed by atoms with van der Waals surface area (Å²) in [7, 11) is -2.14. The smallest absolute Gasteiger partial charge is 0.241 e.